The molecule has 0 aliphatic rings. The molecular formula is C10H20O3. The van der Waals surface area contributed by atoms with E-state index in [0.717, 1.165) is 19.3 Å². The minimum absolute atomic E-state index is 0.430. The first kappa shape index (κ1) is 12.3. The van der Waals surface area contributed by atoms with E-state index in [0.29, 0.717) is 19.1 Å². The molecule has 78 valence electrons. The van der Waals surface area contributed by atoms with Crippen LogP contribution in [-0.4, -0.2) is 19.4 Å². The number of hydrogen-bond acceptors (Lipinski definition) is 3. The lowest BCUT2D eigenvalue weighted by Crippen LogP contribution is -2.13. The summed E-state index contributed by atoms with van der Waals surface area (Å²) in [6.07, 6.45) is 2.50. The van der Waals surface area contributed by atoms with Crippen LogP contribution in [0, 0.1) is 5.92 Å². The molecule has 0 N–H and O–H groups in total. The van der Waals surface area contributed by atoms with Gasteiger partial charge < -0.3 is 9.47 Å². The number of rotatable bonds is 6. The maximum Gasteiger partial charge on any atom is 0.508 e. The Morgan fingerprint density at radius 1 is 1.23 bits per heavy atom. The quantitative estimate of drug-likeness (QED) is 0.601. The molecule has 13 heavy (non-hydrogen) atoms. The zero-order chi connectivity index (χ0) is 10.1. The molecule has 1 unspecified atom stereocenters. The van der Waals surface area contributed by atoms with Gasteiger partial charge in [0.2, 0.25) is 0 Å². The molecule has 1 atom stereocenters. The van der Waals surface area contributed by atoms with Crippen molar-refractivity contribution in [3.05, 3.63) is 0 Å². The minimum atomic E-state index is -0.537. The van der Waals surface area contributed by atoms with Crippen molar-refractivity contribution in [2.45, 2.75) is 40.0 Å². The third-order valence-corrected chi connectivity index (χ3v) is 1.69. The molecule has 0 aromatic rings. The van der Waals surface area contributed by atoms with Crippen molar-refractivity contribution in [3.8, 4) is 0 Å². The molecule has 0 amide bonds. The molecule has 0 heterocycles. The standard InChI is InChI=1S/C10H20O3/c1-4-6-9(3)8-13-10(11)12-7-5-2/h9H,4-8H2,1-3H3. The van der Waals surface area contributed by atoms with Gasteiger partial charge in [0.25, 0.3) is 0 Å². The predicted molar refractivity (Wildman–Crippen MR) is 51.7 cm³/mol. The molecule has 0 aromatic carbocycles. The van der Waals surface area contributed by atoms with E-state index in [1.54, 1.807) is 0 Å². The Morgan fingerprint density at radius 3 is 2.46 bits per heavy atom. The van der Waals surface area contributed by atoms with Gasteiger partial charge in [0.15, 0.2) is 0 Å². The van der Waals surface area contributed by atoms with Gasteiger partial charge in [-0.1, -0.05) is 27.2 Å². The highest BCUT2D eigenvalue weighted by atomic mass is 16.7. The summed E-state index contributed by atoms with van der Waals surface area (Å²) in [5.41, 5.74) is 0. The van der Waals surface area contributed by atoms with E-state index in [1.807, 2.05) is 6.92 Å². The predicted octanol–water partition coefficient (Wildman–Crippen LogP) is 2.99. The van der Waals surface area contributed by atoms with Gasteiger partial charge in [0.1, 0.15) is 0 Å². The summed E-state index contributed by atoms with van der Waals surface area (Å²) < 4.78 is 9.66. The van der Waals surface area contributed by atoms with Gasteiger partial charge >= 0.3 is 6.16 Å². The Morgan fingerprint density at radius 2 is 1.92 bits per heavy atom. The highest BCUT2D eigenvalue weighted by Gasteiger charge is 2.06. The average Bonchev–Trinajstić information content (AvgIpc) is 2.12. The van der Waals surface area contributed by atoms with Crippen LogP contribution in [0.15, 0.2) is 0 Å². The van der Waals surface area contributed by atoms with Crippen molar-refractivity contribution in [1.29, 1.82) is 0 Å². The molecule has 0 saturated heterocycles. The Balaban J connectivity index is 3.34. The van der Waals surface area contributed by atoms with E-state index in [-0.39, 0.29) is 0 Å². The molecular weight excluding hydrogens is 168 g/mol. The highest BCUT2D eigenvalue weighted by Crippen LogP contribution is 2.05. The second kappa shape index (κ2) is 7.90. The fourth-order valence-corrected chi connectivity index (χ4v) is 1.01. The fourth-order valence-electron chi connectivity index (χ4n) is 1.01. The van der Waals surface area contributed by atoms with Gasteiger partial charge in [0.05, 0.1) is 13.2 Å². The minimum Gasteiger partial charge on any atom is -0.434 e. The molecule has 3 heteroatoms. The average molecular weight is 188 g/mol. The van der Waals surface area contributed by atoms with E-state index in [2.05, 4.69) is 13.8 Å². The Bertz CT molecular complexity index is 134. The second-order valence-corrected chi connectivity index (χ2v) is 3.30. The third-order valence-electron chi connectivity index (χ3n) is 1.69. The van der Waals surface area contributed by atoms with Crippen LogP contribution < -0.4 is 0 Å². The van der Waals surface area contributed by atoms with Crippen LogP contribution in [0.2, 0.25) is 0 Å². The van der Waals surface area contributed by atoms with E-state index < -0.39 is 6.16 Å². The van der Waals surface area contributed by atoms with Crippen LogP contribution in [0.25, 0.3) is 0 Å². The van der Waals surface area contributed by atoms with Crippen LogP contribution in [0.5, 0.6) is 0 Å². The number of ether oxygens (including phenoxy) is 2. The van der Waals surface area contributed by atoms with Gasteiger partial charge in [-0.3, -0.25) is 0 Å². The first-order valence-corrected chi connectivity index (χ1v) is 5.00. The fraction of sp³-hybridized carbons (Fsp3) is 0.900. The Kier molecular flexibility index (Phi) is 7.45. The molecule has 0 rings (SSSR count). The maximum absolute atomic E-state index is 10.9. The van der Waals surface area contributed by atoms with E-state index in [9.17, 15) is 4.79 Å². The molecule has 0 saturated carbocycles. The zero-order valence-corrected chi connectivity index (χ0v) is 8.84. The van der Waals surface area contributed by atoms with Crippen molar-refractivity contribution >= 4 is 6.16 Å². The van der Waals surface area contributed by atoms with Gasteiger partial charge in [-0.15, -0.1) is 0 Å². The van der Waals surface area contributed by atoms with Crippen LogP contribution in [0.3, 0.4) is 0 Å². The van der Waals surface area contributed by atoms with E-state index in [4.69, 9.17) is 9.47 Å². The summed E-state index contributed by atoms with van der Waals surface area (Å²) in [4.78, 5) is 10.9. The summed E-state index contributed by atoms with van der Waals surface area (Å²) in [5, 5.41) is 0. The SMILES string of the molecule is CCCOC(=O)OCC(C)CCC. The first-order chi connectivity index (χ1) is 6.20. The second-order valence-electron chi connectivity index (χ2n) is 3.30. The number of hydrogen-bond donors (Lipinski definition) is 0. The zero-order valence-electron chi connectivity index (χ0n) is 8.84. The van der Waals surface area contributed by atoms with E-state index in [1.165, 1.54) is 0 Å². The van der Waals surface area contributed by atoms with Crippen LogP contribution in [0.1, 0.15) is 40.0 Å². The van der Waals surface area contributed by atoms with Crippen molar-refractivity contribution < 1.29 is 14.3 Å². The molecule has 0 radical (unpaired) electrons. The van der Waals surface area contributed by atoms with Crippen molar-refractivity contribution in [2.24, 2.45) is 5.92 Å². The van der Waals surface area contributed by atoms with Crippen molar-refractivity contribution in [3.63, 3.8) is 0 Å². The Hall–Kier alpha value is -0.730. The molecule has 0 aliphatic heterocycles. The smallest absolute Gasteiger partial charge is 0.434 e. The van der Waals surface area contributed by atoms with Crippen LogP contribution in [-0.2, 0) is 9.47 Å². The molecule has 0 bridgehead atoms. The summed E-state index contributed by atoms with van der Waals surface area (Å²) in [6, 6.07) is 0. The summed E-state index contributed by atoms with van der Waals surface area (Å²) in [7, 11) is 0. The first-order valence-electron chi connectivity index (χ1n) is 5.00. The molecule has 3 nitrogen and oxygen atoms in total. The lowest BCUT2D eigenvalue weighted by molar-refractivity contribution is 0.0451. The van der Waals surface area contributed by atoms with Gasteiger partial charge in [-0.25, -0.2) is 4.79 Å². The molecule has 0 aromatic heterocycles. The van der Waals surface area contributed by atoms with Gasteiger partial charge in [-0.05, 0) is 18.8 Å². The number of carbonyl (C=O) groups is 1. The molecule has 0 aliphatic carbocycles. The monoisotopic (exact) mass is 188 g/mol. The van der Waals surface area contributed by atoms with Gasteiger partial charge in [0, 0.05) is 0 Å². The Labute approximate surface area is 80.4 Å². The summed E-state index contributed by atoms with van der Waals surface area (Å²) in [5.74, 6) is 0.430. The van der Waals surface area contributed by atoms with Crippen molar-refractivity contribution in [2.75, 3.05) is 13.2 Å². The normalized spacial score (nSPS) is 12.2. The highest BCUT2D eigenvalue weighted by molar-refractivity contribution is 5.59. The maximum atomic E-state index is 10.9. The lowest BCUT2D eigenvalue weighted by atomic mass is 10.1. The van der Waals surface area contributed by atoms with Gasteiger partial charge in [-0.2, -0.15) is 0 Å². The van der Waals surface area contributed by atoms with Crippen LogP contribution in [0.4, 0.5) is 4.79 Å². The van der Waals surface area contributed by atoms with E-state index >= 15 is 0 Å². The summed E-state index contributed by atoms with van der Waals surface area (Å²) in [6.45, 7) is 7.05. The lowest BCUT2D eigenvalue weighted by Gasteiger charge is -2.10. The third kappa shape index (κ3) is 7.62. The summed E-state index contributed by atoms with van der Waals surface area (Å²) >= 11 is 0. The number of carbonyl (C=O) groups excluding carboxylic acids is 1. The largest absolute Gasteiger partial charge is 0.508 e. The van der Waals surface area contributed by atoms with Crippen LogP contribution >= 0.6 is 0 Å². The van der Waals surface area contributed by atoms with Crippen molar-refractivity contribution in [1.82, 2.24) is 0 Å². The molecule has 0 fully saturated rings. The molecule has 0 spiro atoms. The topological polar surface area (TPSA) is 35.5 Å².